The van der Waals surface area contributed by atoms with Gasteiger partial charge in [0.15, 0.2) is 4.34 Å². The number of nitrogens with zero attached hydrogens (tertiary/aromatic N) is 2. The van der Waals surface area contributed by atoms with Crippen LogP contribution in [-0.2, 0) is 9.53 Å². The van der Waals surface area contributed by atoms with Crippen molar-refractivity contribution in [3.8, 4) is 0 Å². The zero-order valence-electron chi connectivity index (χ0n) is 10.7. The number of nitrogens with one attached hydrogen (secondary N) is 2. The van der Waals surface area contributed by atoms with E-state index in [1.54, 1.807) is 7.11 Å². The van der Waals surface area contributed by atoms with Gasteiger partial charge in [-0.15, -0.1) is 10.2 Å². The molecule has 1 aromatic rings. The molecule has 0 bridgehead atoms. The van der Waals surface area contributed by atoms with E-state index in [1.807, 2.05) is 13.8 Å². The van der Waals surface area contributed by atoms with Crippen molar-refractivity contribution in [2.24, 2.45) is 0 Å². The van der Waals surface area contributed by atoms with Crippen LogP contribution in [0.15, 0.2) is 4.34 Å². The highest BCUT2D eigenvalue weighted by atomic mass is 32.2. The number of anilines is 1. The fourth-order valence-electron chi connectivity index (χ4n) is 1.10. The lowest BCUT2D eigenvalue weighted by atomic mass is 10.4. The first-order valence-corrected chi connectivity index (χ1v) is 7.37. The van der Waals surface area contributed by atoms with Crippen molar-refractivity contribution in [3.05, 3.63) is 0 Å². The van der Waals surface area contributed by atoms with Crippen molar-refractivity contribution in [2.45, 2.75) is 23.4 Å². The fourth-order valence-corrected chi connectivity index (χ4v) is 3.09. The van der Waals surface area contributed by atoms with Crippen molar-refractivity contribution in [3.63, 3.8) is 0 Å². The Morgan fingerprint density at radius 2 is 2.33 bits per heavy atom. The second kappa shape index (κ2) is 8.28. The van der Waals surface area contributed by atoms with E-state index in [0.717, 1.165) is 16.0 Å². The molecule has 1 aromatic heterocycles. The van der Waals surface area contributed by atoms with Crippen LogP contribution in [0, 0.1) is 0 Å². The topological polar surface area (TPSA) is 76.1 Å². The highest BCUT2D eigenvalue weighted by molar-refractivity contribution is 8.02. The van der Waals surface area contributed by atoms with E-state index >= 15 is 0 Å². The van der Waals surface area contributed by atoms with Gasteiger partial charge in [-0.1, -0.05) is 23.1 Å². The molecule has 6 nitrogen and oxygen atoms in total. The third kappa shape index (κ3) is 5.19. The molecule has 1 rings (SSSR count). The number of methoxy groups -OCH3 is 1. The SMILES string of the molecule is CCNc1nnc(S[C@@H](C)C(=O)NCCOC)s1. The molecule has 18 heavy (non-hydrogen) atoms. The molecule has 0 saturated carbocycles. The largest absolute Gasteiger partial charge is 0.383 e. The van der Waals surface area contributed by atoms with Crippen LogP contribution in [0.4, 0.5) is 5.13 Å². The zero-order valence-corrected chi connectivity index (χ0v) is 12.4. The first-order chi connectivity index (χ1) is 8.67. The molecule has 0 aliphatic heterocycles. The molecule has 0 radical (unpaired) electrons. The lowest BCUT2D eigenvalue weighted by Gasteiger charge is -2.09. The number of amides is 1. The third-order valence-corrected chi connectivity index (χ3v) is 4.05. The molecule has 0 aliphatic carbocycles. The van der Waals surface area contributed by atoms with Crippen LogP contribution >= 0.6 is 23.1 Å². The molecule has 1 atom stereocenters. The van der Waals surface area contributed by atoms with Gasteiger partial charge < -0.3 is 15.4 Å². The molecule has 1 heterocycles. The lowest BCUT2D eigenvalue weighted by Crippen LogP contribution is -2.33. The number of carbonyl (C=O) groups excluding carboxylic acids is 1. The maximum Gasteiger partial charge on any atom is 0.233 e. The van der Waals surface area contributed by atoms with Crippen molar-refractivity contribution in [1.29, 1.82) is 0 Å². The van der Waals surface area contributed by atoms with E-state index in [-0.39, 0.29) is 11.2 Å². The first-order valence-electron chi connectivity index (χ1n) is 5.68. The Morgan fingerprint density at radius 3 is 3.00 bits per heavy atom. The van der Waals surface area contributed by atoms with E-state index in [4.69, 9.17) is 4.74 Å². The number of carbonyl (C=O) groups is 1. The lowest BCUT2D eigenvalue weighted by molar-refractivity contribution is -0.120. The van der Waals surface area contributed by atoms with Crippen LogP contribution in [-0.4, -0.2) is 48.2 Å². The average Bonchev–Trinajstić information content (AvgIpc) is 2.77. The van der Waals surface area contributed by atoms with Crippen molar-refractivity contribution in [2.75, 3.05) is 32.1 Å². The van der Waals surface area contributed by atoms with Gasteiger partial charge in [-0.05, 0) is 13.8 Å². The smallest absolute Gasteiger partial charge is 0.233 e. The van der Waals surface area contributed by atoms with Crippen LogP contribution in [0.25, 0.3) is 0 Å². The number of aromatic nitrogens is 2. The van der Waals surface area contributed by atoms with Gasteiger partial charge in [0.1, 0.15) is 0 Å². The average molecular weight is 290 g/mol. The Balaban J connectivity index is 2.37. The van der Waals surface area contributed by atoms with E-state index in [9.17, 15) is 4.79 Å². The zero-order chi connectivity index (χ0) is 13.4. The number of hydrogen-bond donors (Lipinski definition) is 2. The second-order valence-corrected chi connectivity index (χ2v) is 6.01. The third-order valence-electron chi connectivity index (χ3n) is 1.99. The Morgan fingerprint density at radius 1 is 1.56 bits per heavy atom. The molecular weight excluding hydrogens is 272 g/mol. The molecule has 0 fully saturated rings. The molecule has 0 aliphatic rings. The molecule has 1 amide bonds. The molecular formula is C10H18N4O2S2. The summed E-state index contributed by atoms with van der Waals surface area (Å²) in [5.41, 5.74) is 0. The van der Waals surface area contributed by atoms with Gasteiger partial charge in [0.25, 0.3) is 0 Å². The minimum atomic E-state index is -0.190. The molecule has 0 aromatic carbocycles. The van der Waals surface area contributed by atoms with Gasteiger partial charge in [-0.25, -0.2) is 0 Å². The summed E-state index contributed by atoms with van der Waals surface area (Å²) >= 11 is 2.86. The summed E-state index contributed by atoms with van der Waals surface area (Å²) in [5.74, 6) is -0.0164. The molecule has 0 saturated heterocycles. The monoisotopic (exact) mass is 290 g/mol. The fraction of sp³-hybridized carbons (Fsp3) is 0.700. The number of rotatable bonds is 8. The van der Waals surface area contributed by atoms with E-state index in [1.165, 1.54) is 23.1 Å². The van der Waals surface area contributed by atoms with E-state index < -0.39 is 0 Å². The van der Waals surface area contributed by atoms with Gasteiger partial charge in [-0.2, -0.15) is 0 Å². The van der Waals surface area contributed by atoms with E-state index in [2.05, 4.69) is 20.8 Å². The van der Waals surface area contributed by atoms with Crippen LogP contribution in [0.3, 0.4) is 0 Å². The molecule has 0 unspecified atom stereocenters. The summed E-state index contributed by atoms with van der Waals surface area (Å²) < 4.78 is 5.66. The van der Waals surface area contributed by atoms with Crippen molar-refractivity contribution < 1.29 is 9.53 Å². The van der Waals surface area contributed by atoms with Crippen LogP contribution in [0.1, 0.15) is 13.8 Å². The summed E-state index contributed by atoms with van der Waals surface area (Å²) in [6.07, 6.45) is 0. The van der Waals surface area contributed by atoms with Gasteiger partial charge >= 0.3 is 0 Å². The van der Waals surface area contributed by atoms with Crippen molar-refractivity contribution >= 4 is 34.1 Å². The summed E-state index contributed by atoms with van der Waals surface area (Å²) in [6, 6.07) is 0. The first kappa shape index (κ1) is 15.2. The normalized spacial score (nSPS) is 12.2. The Labute approximate surface area is 115 Å². The highest BCUT2D eigenvalue weighted by Crippen LogP contribution is 2.28. The van der Waals surface area contributed by atoms with Gasteiger partial charge in [0.05, 0.1) is 11.9 Å². The molecule has 102 valence electrons. The quantitative estimate of drug-likeness (QED) is 0.554. The Bertz CT molecular complexity index is 373. The van der Waals surface area contributed by atoms with Gasteiger partial charge in [0.2, 0.25) is 11.0 Å². The maximum absolute atomic E-state index is 11.7. The predicted molar refractivity (Wildman–Crippen MR) is 74.3 cm³/mol. The second-order valence-electron chi connectivity index (χ2n) is 3.45. The number of thioether (sulfide) groups is 1. The summed E-state index contributed by atoms with van der Waals surface area (Å²) in [7, 11) is 1.60. The Kier molecular flexibility index (Phi) is 6.99. The number of ether oxygens (including phenoxy) is 1. The van der Waals surface area contributed by atoms with Crippen LogP contribution in [0.5, 0.6) is 0 Å². The van der Waals surface area contributed by atoms with Crippen LogP contribution in [0.2, 0.25) is 0 Å². The summed E-state index contributed by atoms with van der Waals surface area (Å²) in [6.45, 7) is 5.71. The molecule has 2 N–H and O–H groups in total. The minimum Gasteiger partial charge on any atom is -0.383 e. The number of hydrogen-bond acceptors (Lipinski definition) is 7. The van der Waals surface area contributed by atoms with Crippen molar-refractivity contribution in [1.82, 2.24) is 15.5 Å². The van der Waals surface area contributed by atoms with Crippen LogP contribution < -0.4 is 10.6 Å². The summed E-state index contributed by atoms with van der Waals surface area (Å²) in [5, 5.41) is 14.5. The van der Waals surface area contributed by atoms with E-state index in [0.29, 0.717) is 13.2 Å². The predicted octanol–water partition coefficient (Wildman–Crippen LogP) is 1.21. The van der Waals surface area contributed by atoms with Gasteiger partial charge in [0, 0.05) is 20.2 Å². The maximum atomic E-state index is 11.7. The van der Waals surface area contributed by atoms with Gasteiger partial charge in [-0.3, -0.25) is 4.79 Å². The standard InChI is InChI=1S/C10H18N4O2S2/c1-4-11-9-13-14-10(18-9)17-7(2)8(15)12-5-6-16-3/h7H,4-6H2,1-3H3,(H,11,13)(H,12,15)/t7-/m0/s1. The highest BCUT2D eigenvalue weighted by Gasteiger charge is 2.16. The minimum absolute atomic E-state index is 0.0164. The summed E-state index contributed by atoms with van der Waals surface area (Å²) in [4.78, 5) is 11.7. The molecule has 0 spiro atoms. The Hall–Kier alpha value is -0.860. The molecule has 8 heteroatoms.